The maximum absolute atomic E-state index is 13.7. The van der Waals surface area contributed by atoms with Crippen molar-refractivity contribution in [1.82, 2.24) is 10.2 Å². The monoisotopic (exact) mass is 526 g/mol. The van der Waals surface area contributed by atoms with Crippen LogP contribution in [0.15, 0.2) is 78.9 Å². The highest BCUT2D eigenvalue weighted by Crippen LogP contribution is 2.19. The van der Waals surface area contributed by atoms with E-state index in [1.807, 2.05) is 61.5 Å². The number of nitrogens with zero attached hydrogens (tertiary/aromatic N) is 1. The minimum absolute atomic E-state index is 0.141. The molecule has 0 fully saturated rings. The number of carbonyl (C=O) groups is 2. The van der Waals surface area contributed by atoms with Gasteiger partial charge in [0.25, 0.3) is 0 Å². The number of hydrogen-bond donors (Lipinski definition) is 1. The fraction of sp³-hybridized carbons (Fsp3) is 0.310. The Balaban J connectivity index is 1.87. The molecule has 1 atom stereocenters. The van der Waals surface area contributed by atoms with Gasteiger partial charge in [0.05, 0.1) is 6.42 Å². The van der Waals surface area contributed by atoms with Crippen LogP contribution in [0.5, 0.6) is 0 Å². The van der Waals surface area contributed by atoms with Gasteiger partial charge in [-0.1, -0.05) is 77.8 Å². The summed E-state index contributed by atoms with van der Waals surface area (Å²) in [6, 6.07) is 23.6. The quantitative estimate of drug-likeness (QED) is 0.290. The maximum Gasteiger partial charge on any atom is 0.243 e. The van der Waals surface area contributed by atoms with Crippen molar-refractivity contribution in [3.05, 3.63) is 106 Å². The first-order valence-corrected chi connectivity index (χ1v) is 12.9. The molecule has 0 aliphatic rings. The van der Waals surface area contributed by atoms with Crippen LogP contribution < -0.4 is 5.32 Å². The smallest absolute Gasteiger partial charge is 0.243 e. The molecular formula is C29H32Cl2N2O3. The van der Waals surface area contributed by atoms with Crippen molar-refractivity contribution in [2.45, 2.75) is 38.8 Å². The average Bonchev–Trinajstić information content (AvgIpc) is 2.89. The Hall–Kier alpha value is -2.86. The molecule has 2 amide bonds. The van der Waals surface area contributed by atoms with E-state index >= 15 is 0 Å². The molecule has 5 nitrogen and oxygen atoms in total. The lowest BCUT2D eigenvalue weighted by atomic mass is 10.0. The van der Waals surface area contributed by atoms with E-state index in [9.17, 15) is 9.59 Å². The Morgan fingerprint density at radius 1 is 0.861 bits per heavy atom. The van der Waals surface area contributed by atoms with E-state index in [-0.39, 0.29) is 24.8 Å². The normalized spacial score (nSPS) is 11.6. The molecule has 0 spiro atoms. The van der Waals surface area contributed by atoms with Crippen molar-refractivity contribution in [3.63, 3.8) is 0 Å². The predicted molar refractivity (Wildman–Crippen MR) is 145 cm³/mol. The number of halogens is 2. The largest absolute Gasteiger partial charge is 0.382 e. The molecule has 0 radical (unpaired) electrons. The van der Waals surface area contributed by atoms with Crippen molar-refractivity contribution < 1.29 is 14.3 Å². The summed E-state index contributed by atoms with van der Waals surface area (Å²) in [5.41, 5.74) is 2.71. The first-order valence-electron chi connectivity index (χ1n) is 12.1. The molecule has 0 bridgehead atoms. The van der Waals surface area contributed by atoms with Gasteiger partial charge < -0.3 is 15.0 Å². The molecule has 0 aliphatic carbocycles. The molecular weight excluding hydrogens is 495 g/mol. The maximum atomic E-state index is 13.7. The van der Waals surface area contributed by atoms with E-state index in [0.29, 0.717) is 42.6 Å². The Morgan fingerprint density at radius 3 is 2.08 bits per heavy atom. The molecule has 190 valence electrons. The molecule has 7 heteroatoms. The molecule has 36 heavy (non-hydrogen) atoms. The van der Waals surface area contributed by atoms with Crippen LogP contribution in [-0.2, 0) is 33.7 Å². The van der Waals surface area contributed by atoms with Crippen molar-refractivity contribution >= 4 is 35.0 Å². The van der Waals surface area contributed by atoms with Gasteiger partial charge in [-0.05, 0) is 54.3 Å². The van der Waals surface area contributed by atoms with Gasteiger partial charge in [0.1, 0.15) is 6.04 Å². The minimum Gasteiger partial charge on any atom is -0.382 e. The molecule has 3 aromatic rings. The SMILES string of the molecule is CCOCCCNC(=O)[C@@H](Cc1ccccc1)N(Cc1ccc(Cl)cc1)C(=O)Cc1ccc(Cl)cc1. The van der Waals surface area contributed by atoms with E-state index < -0.39 is 6.04 Å². The van der Waals surface area contributed by atoms with Gasteiger partial charge in [0, 0.05) is 42.8 Å². The molecule has 0 saturated heterocycles. The fourth-order valence-electron chi connectivity index (χ4n) is 3.87. The number of benzene rings is 3. The van der Waals surface area contributed by atoms with E-state index in [2.05, 4.69) is 5.32 Å². The molecule has 1 N–H and O–H groups in total. The molecule has 0 heterocycles. The van der Waals surface area contributed by atoms with Gasteiger partial charge in [-0.25, -0.2) is 0 Å². The highest BCUT2D eigenvalue weighted by atomic mass is 35.5. The molecule has 3 rings (SSSR count). The summed E-state index contributed by atoms with van der Waals surface area (Å²) in [4.78, 5) is 28.8. The Labute approximate surface area is 223 Å². The van der Waals surface area contributed by atoms with Crippen LogP contribution >= 0.6 is 23.2 Å². The van der Waals surface area contributed by atoms with E-state index in [1.165, 1.54) is 0 Å². The number of ether oxygens (including phenoxy) is 1. The third-order valence-electron chi connectivity index (χ3n) is 5.77. The second-order valence-electron chi connectivity index (χ2n) is 8.50. The highest BCUT2D eigenvalue weighted by Gasteiger charge is 2.30. The van der Waals surface area contributed by atoms with Crippen molar-refractivity contribution in [2.75, 3.05) is 19.8 Å². The number of amides is 2. The standard InChI is InChI=1S/C29H32Cl2N2O3/c1-2-36-18-6-17-32-29(35)27(19-22-7-4-3-5-8-22)33(21-24-11-15-26(31)16-12-24)28(34)20-23-9-13-25(30)14-10-23/h3-5,7-16,27H,2,6,17-21H2,1H3,(H,32,35)/t27-/m1/s1. The van der Waals surface area contributed by atoms with Crippen LogP contribution in [0.3, 0.4) is 0 Å². The summed E-state index contributed by atoms with van der Waals surface area (Å²) in [7, 11) is 0. The Kier molecular flexibility index (Phi) is 11.3. The van der Waals surface area contributed by atoms with Gasteiger partial charge in [0.15, 0.2) is 0 Å². The number of rotatable bonds is 13. The highest BCUT2D eigenvalue weighted by molar-refractivity contribution is 6.30. The van der Waals surface area contributed by atoms with Crippen molar-refractivity contribution in [2.24, 2.45) is 0 Å². The first kappa shape index (κ1) is 27.7. The van der Waals surface area contributed by atoms with E-state index in [0.717, 1.165) is 16.7 Å². The number of carbonyl (C=O) groups excluding carboxylic acids is 2. The fourth-order valence-corrected chi connectivity index (χ4v) is 4.12. The van der Waals surface area contributed by atoms with Gasteiger partial charge in [-0.3, -0.25) is 9.59 Å². The summed E-state index contributed by atoms with van der Waals surface area (Å²) in [6.07, 6.45) is 1.26. The zero-order chi connectivity index (χ0) is 25.8. The zero-order valence-electron chi connectivity index (χ0n) is 20.5. The van der Waals surface area contributed by atoms with Gasteiger partial charge in [-0.15, -0.1) is 0 Å². The lowest BCUT2D eigenvalue weighted by molar-refractivity contribution is -0.140. The second kappa shape index (κ2) is 14.6. The second-order valence-corrected chi connectivity index (χ2v) is 9.37. The van der Waals surface area contributed by atoms with Crippen molar-refractivity contribution in [1.29, 1.82) is 0 Å². The molecule has 0 aliphatic heterocycles. The van der Waals surface area contributed by atoms with Crippen LogP contribution in [0, 0.1) is 0 Å². The molecule has 3 aromatic carbocycles. The summed E-state index contributed by atoms with van der Waals surface area (Å²) >= 11 is 12.1. The van der Waals surface area contributed by atoms with Gasteiger partial charge >= 0.3 is 0 Å². The lowest BCUT2D eigenvalue weighted by Crippen LogP contribution is -2.51. The third-order valence-corrected chi connectivity index (χ3v) is 6.28. The molecule has 0 aromatic heterocycles. The average molecular weight is 527 g/mol. The van der Waals surface area contributed by atoms with Crippen LogP contribution in [0.2, 0.25) is 10.0 Å². The Bertz CT molecular complexity index is 1090. The van der Waals surface area contributed by atoms with Crippen molar-refractivity contribution in [3.8, 4) is 0 Å². The lowest BCUT2D eigenvalue weighted by Gasteiger charge is -2.32. The van der Waals surface area contributed by atoms with Gasteiger partial charge in [0.2, 0.25) is 11.8 Å². The number of nitrogens with one attached hydrogen (secondary N) is 1. The topological polar surface area (TPSA) is 58.6 Å². The summed E-state index contributed by atoms with van der Waals surface area (Å²) in [5.74, 6) is -0.327. The predicted octanol–water partition coefficient (Wildman–Crippen LogP) is 5.72. The van der Waals surface area contributed by atoms with E-state index in [1.54, 1.807) is 29.2 Å². The van der Waals surface area contributed by atoms with Crippen LogP contribution in [0.25, 0.3) is 0 Å². The molecule has 0 unspecified atom stereocenters. The van der Waals surface area contributed by atoms with Crippen LogP contribution in [-0.4, -0.2) is 42.5 Å². The summed E-state index contributed by atoms with van der Waals surface area (Å²) in [6.45, 7) is 3.91. The summed E-state index contributed by atoms with van der Waals surface area (Å²) in [5, 5.41) is 4.24. The summed E-state index contributed by atoms with van der Waals surface area (Å²) < 4.78 is 5.38. The van der Waals surface area contributed by atoms with Crippen LogP contribution in [0.4, 0.5) is 0 Å². The van der Waals surface area contributed by atoms with E-state index in [4.69, 9.17) is 27.9 Å². The minimum atomic E-state index is -0.685. The first-order chi connectivity index (χ1) is 17.5. The third kappa shape index (κ3) is 8.98. The van der Waals surface area contributed by atoms with Crippen LogP contribution in [0.1, 0.15) is 30.0 Å². The molecule has 0 saturated carbocycles. The number of hydrogen-bond acceptors (Lipinski definition) is 3. The zero-order valence-corrected chi connectivity index (χ0v) is 22.0. The van der Waals surface area contributed by atoms with Gasteiger partial charge in [-0.2, -0.15) is 0 Å². The Morgan fingerprint density at radius 2 is 1.47 bits per heavy atom.